The molecule has 4 rings (SSSR count). The molecule has 0 aliphatic rings. The Labute approximate surface area is 159 Å². The van der Waals surface area contributed by atoms with Gasteiger partial charge in [-0.05, 0) is 42.0 Å². The Morgan fingerprint density at radius 2 is 1.48 bits per heavy atom. The summed E-state index contributed by atoms with van der Waals surface area (Å²) >= 11 is 0. The van der Waals surface area contributed by atoms with Gasteiger partial charge in [-0.2, -0.15) is 0 Å². The van der Waals surface area contributed by atoms with E-state index >= 15 is 0 Å². The minimum Gasteiger partial charge on any atom is -0.337 e. The molecule has 134 valence electrons. The molecule has 0 radical (unpaired) electrons. The van der Waals surface area contributed by atoms with Crippen molar-refractivity contribution in [2.24, 2.45) is 0 Å². The summed E-state index contributed by atoms with van der Waals surface area (Å²) in [5, 5.41) is 0.896. The molecule has 0 N–H and O–H groups in total. The first-order valence-electron chi connectivity index (χ1n) is 8.71. The van der Waals surface area contributed by atoms with Crippen LogP contribution in [0.15, 0.2) is 107 Å². The SMILES string of the molecule is C=CCn1c(-c2ccccc2)cc2cc(S(=O)(=O)c3ccccc3)ccc21. The number of rotatable bonds is 5. The maximum atomic E-state index is 12.9. The van der Waals surface area contributed by atoms with Crippen LogP contribution in [0.5, 0.6) is 0 Å². The molecule has 0 aliphatic heterocycles. The fraction of sp³-hybridized carbons (Fsp3) is 0.0435. The topological polar surface area (TPSA) is 39.1 Å². The van der Waals surface area contributed by atoms with Crippen molar-refractivity contribution in [2.75, 3.05) is 0 Å². The van der Waals surface area contributed by atoms with Crippen LogP contribution in [0.25, 0.3) is 22.2 Å². The van der Waals surface area contributed by atoms with Crippen LogP contribution in [0.3, 0.4) is 0 Å². The summed E-state index contributed by atoms with van der Waals surface area (Å²) < 4.78 is 28.0. The van der Waals surface area contributed by atoms with Crippen LogP contribution in [-0.4, -0.2) is 13.0 Å². The number of allylic oxidation sites excluding steroid dienone is 1. The zero-order valence-corrected chi connectivity index (χ0v) is 15.6. The van der Waals surface area contributed by atoms with Crippen molar-refractivity contribution in [1.82, 2.24) is 4.57 Å². The number of hydrogen-bond donors (Lipinski definition) is 0. The first kappa shape index (κ1) is 17.3. The first-order valence-corrected chi connectivity index (χ1v) is 10.2. The van der Waals surface area contributed by atoms with Crippen molar-refractivity contribution in [3.8, 4) is 11.3 Å². The first-order chi connectivity index (χ1) is 13.1. The molecule has 0 unspecified atom stereocenters. The predicted molar refractivity (Wildman–Crippen MR) is 109 cm³/mol. The van der Waals surface area contributed by atoms with Gasteiger partial charge in [0.2, 0.25) is 9.84 Å². The highest BCUT2D eigenvalue weighted by molar-refractivity contribution is 7.91. The molecule has 27 heavy (non-hydrogen) atoms. The fourth-order valence-electron chi connectivity index (χ4n) is 3.33. The minimum absolute atomic E-state index is 0.302. The molecule has 0 aliphatic carbocycles. The lowest BCUT2D eigenvalue weighted by atomic mass is 10.1. The summed E-state index contributed by atoms with van der Waals surface area (Å²) in [5.41, 5.74) is 3.11. The van der Waals surface area contributed by atoms with Crippen molar-refractivity contribution in [3.63, 3.8) is 0 Å². The minimum atomic E-state index is -3.54. The van der Waals surface area contributed by atoms with E-state index in [1.807, 2.05) is 42.5 Å². The molecule has 1 heterocycles. The summed E-state index contributed by atoms with van der Waals surface area (Å²) in [6.45, 7) is 4.51. The highest BCUT2D eigenvalue weighted by Crippen LogP contribution is 2.31. The van der Waals surface area contributed by atoms with Gasteiger partial charge in [0.05, 0.1) is 9.79 Å². The number of sulfone groups is 1. The third-order valence-electron chi connectivity index (χ3n) is 4.62. The van der Waals surface area contributed by atoms with E-state index in [0.29, 0.717) is 16.3 Å². The van der Waals surface area contributed by atoms with Crippen LogP contribution < -0.4 is 0 Å². The molecule has 3 nitrogen and oxygen atoms in total. The van der Waals surface area contributed by atoms with Gasteiger partial charge in [0, 0.05) is 23.1 Å². The molecule has 0 spiro atoms. The van der Waals surface area contributed by atoms with Crippen LogP contribution in [0, 0.1) is 0 Å². The molecule has 4 heteroatoms. The second kappa shape index (κ2) is 6.89. The predicted octanol–water partition coefficient (Wildman–Crippen LogP) is 5.33. The zero-order chi connectivity index (χ0) is 18.9. The van der Waals surface area contributed by atoms with E-state index in [2.05, 4.69) is 23.3 Å². The van der Waals surface area contributed by atoms with Crippen molar-refractivity contribution >= 4 is 20.7 Å². The van der Waals surface area contributed by atoms with Gasteiger partial charge >= 0.3 is 0 Å². The molecule has 0 saturated heterocycles. The van der Waals surface area contributed by atoms with E-state index in [0.717, 1.165) is 22.2 Å². The van der Waals surface area contributed by atoms with E-state index in [9.17, 15) is 8.42 Å². The zero-order valence-electron chi connectivity index (χ0n) is 14.7. The van der Waals surface area contributed by atoms with Crippen LogP contribution in [0.1, 0.15) is 0 Å². The normalized spacial score (nSPS) is 11.6. The molecule has 3 aromatic carbocycles. The standard InChI is InChI=1S/C23H19NO2S/c1-2-15-24-22-14-13-21(27(25,26)20-11-7-4-8-12-20)16-19(22)17-23(24)18-9-5-3-6-10-18/h2-14,16-17H,1,15H2. The van der Waals surface area contributed by atoms with Crippen LogP contribution in [-0.2, 0) is 16.4 Å². The summed E-state index contributed by atoms with van der Waals surface area (Å²) in [5.74, 6) is 0. The Balaban J connectivity index is 1.90. The number of fused-ring (bicyclic) bond motifs is 1. The van der Waals surface area contributed by atoms with E-state index in [-0.39, 0.29) is 0 Å². The largest absolute Gasteiger partial charge is 0.337 e. The van der Waals surface area contributed by atoms with Gasteiger partial charge in [-0.25, -0.2) is 8.42 Å². The Hall–Kier alpha value is -3.11. The van der Waals surface area contributed by atoms with E-state index < -0.39 is 9.84 Å². The molecule has 4 aromatic rings. The van der Waals surface area contributed by atoms with Crippen molar-refractivity contribution in [3.05, 3.63) is 97.6 Å². The maximum absolute atomic E-state index is 12.9. The second-order valence-corrected chi connectivity index (χ2v) is 8.28. The Morgan fingerprint density at radius 1 is 0.815 bits per heavy atom. The lowest BCUT2D eigenvalue weighted by Crippen LogP contribution is -2.02. The van der Waals surface area contributed by atoms with Crippen molar-refractivity contribution in [2.45, 2.75) is 16.3 Å². The third kappa shape index (κ3) is 3.09. The number of benzene rings is 3. The van der Waals surface area contributed by atoms with E-state index in [1.54, 1.807) is 36.4 Å². The number of nitrogens with zero attached hydrogens (tertiary/aromatic N) is 1. The molecular weight excluding hydrogens is 354 g/mol. The van der Waals surface area contributed by atoms with Gasteiger partial charge in [0.15, 0.2) is 0 Å². The number of aromatic nitrogens is 1. The second-order valence-electron chi connectivity index (χ2n) is 6.33. The highest BCUT2D eigenvalue weighted by Gasteiger charge is 2.19. The molecule has 0 amide bonds. The van der Waals surface area contributed by atoms with Gasteiger partial charge in [0.25, 0.3) is 0 Å². The van der Waals surface area contributed by atoms with Gasteiger partial charge < -0.3 is 4.57 Å². The lowest BCUT2D eigenvalue weighted by molar-refractivity contribution is 0.596. The van der Waals surface area contributed by atoms with Gasteiger partial charge in [-0.15, -0.1) is 6.58 Å². The molecule has 1 aromatic heterocycles. The average Bonchev–Trinajstić information content (AvgIpc) is 3.07. The van der Waals surface area contributed by atoms with E-state index in [1.165, 1.54) is 0 Å². The summed E-state index contributed by atoms with van der Waals surface area (Å²) in [6, 6.07) is 26.0. The molecule has 0 atom stereocenters. The fourth-order valence-corrected chi connectivity index (χ4v) is 4.64. The molecule has 0 saturated carbocycles. The van der Waals surface area contributed by atoms with Crippen molar-refractivity contribution < 1.29 is 8.42 Å². The van der Waals surface area contributed by atoms with Crippen molar-refractivity contribution in [1.29, 1.82) is 0 Å². The Bertz CT molecular complexity index is 1210. The average molecular weight is 373 g/mol. The Morgan fingerprint density at radius 3 is 2.15 bits per heavy atom. The molecule has 0 fully saturated rings. The van der Waals surface area contributed by atoms with Gasteiger partial charge in [-0.3, -0.25) is 0 Å². The highest BCUT2D eigenvalue weighted by atomic mass is 32.2. The van der Waals surface area contributed by atoms with Crippen LogP contribution >= 0.6 is 0 Å². The lowest BCUT2D eigenvalue weighted by Gasteiger charge is -2.09. The smallest absolute Gasteiger partial charge is 0.206 e. The van der Waals surface area contributed by atoms with Crippen LogP contribution in [0.4, 0.5) is 0 Å². The summed E-state index contributed by atoms with van der Waals surface area (Å²) in [6.07, 6.45) is 1.85. The number of hydrogen-bond acceptors (Lipinski definition) is 2. The van der Waals surface area contributed by atoms with Crippen LogP contribution in [0.2, 0.25) is 0 Å². The van der Waals surface area contributed by atoms with E-state index in [4.69, 9.17) is 0 Å². The molecular formula is C23H19NO2S. The summed E-state index contributed by atoms with van der Waals surface area (Å²) in [4.78, 5) is 0.606. The van der Waals surface area contributed by atoms with Gasteiger partial charge in [-0.1, -0.05) is 54.6 Å². The molecule has 0 bridgehead atoms. The summed E-state index contributed by atoms with van der Waals surface area (Å²) in [7, 11) is -3.54. The monoisotopic (exact) mass is 373 g/mol. The maximum Gasteiger partial charge on any atom is 0.206 e. The van der Waals surface area contributed by atoms with Gasteiger partial charge in [0.1, 0.15) is 0 Å². The quantitative estimate of drug-likeness (QED) is 0.444. The Kier molecular flexibility index (Phi) is 4.42. The third-order valence-corrected chi connectivity index (χ3v) is 6.39.